The summed E-state index contributed by atoms with van der Waals surface area (Å²) in [5, 5.41) is 11.1. The average Bonchev–Trinajstić information content (AvgIpc) is 2.66. The number of hydrogen-bond donors (Lipinski definition) is 1. The SMILES string of the molecule is COc1ccc(OC)c(NC(=O)C(N=Nc2ccc(C)c(Cl)c2)C(C)=O)c1Cl. The van der Waals surface area contributed by atoms with Crippen molar-refractivity contribution in [2.75, 3.05) is 19.5 Å². The Hall–Kier alpha value is -2.64. The lowest BCUT2D eigenvalue weighted by molar-refractivity contribution is -0.126. The van der Waals surface area contributed by atoms with Gasteiger partial charge in [0.25, 0.3) is 5.91 Å². The number of hydrogen-bond acceptors (Lipinski definition) is 6. The number of azo groups is 1. The van der Waals surface area contributed by atoms with Crippen molar-refractivity contribution in [1.29, 1.82) is 0 Å². The van der Waals surface area contributed by atoms with E-state index >= 15 is 0 Å². The number of rotatable bonds is 7. The Balaban J connectivity index is 2.30. The number of halogens is 2. The molecule has 0 heterocycles. The number of aryl methyl sites for hydroxylation is 1. The second-order valence-electron chi connectivity index (χ2n) is 5.81. The quantitative estimate of drug-likeness (QED) is 0.501. The first-order valence-electron chi connectivity index (χ1n) is 8.17. The van der Waals surface area contributed by atoms with E-state index in [-0.39, 0.29) is 10.7 Å². The molecule has 0 bridgehead atoms. The number of ether oxygens (including phenoxy) is 2. The Morgan fingerprint density at radius 1 is 1.07 bits per heavy atom. The number of benzene rings is 2. The third kappa shape index (κ3) is 4.99. The van der Waals surface area contributed by atoms with Crippen molar-refractivity contribution in [3.8, 4) is 11.5 Å². The summed E-state index contributed by atoms with van der Waals surface area (Å²) in [5.74, 6) is -0.544. The van der Waals surface area contributed by atoms with Crippen LogP contribution in [0.5, 0.6) is 11.5 Å². The monoisotopic (exact) mass is 423 g/mol. The summed E-state index contributed by atoms with van der Waals surface area (Å²) in [6, 6.07) is 6.85. The predicted molar refractivity (Wildman–Crippen MR) is 108 cm³/mol. The molecule has 9 heteroatoms. The summed E-state index contributed by atoms with van der Waals surface area (Å²) in [4.78, 5) is 24.6. The zero-order valence-corrected chi connectivity index (χ0v) is 17.3. The molecular weight excluding hydrogens is 405 g/mol. The largest absolute Gasteiger partial charge is 0.495 e. The summed E-state index contributed by atoms with van der Waals surface area (Å²) >= 11 is 12.3. The molecule has 0 spiro atoms. The zero-order chi connectivity index (χ0) is 20.8. The maximum atomic E-state index is 12.6. The van der Waals surface area contributed by atoms with Gasteiger partial charge >= 0.3 is 0 Å². The lowest BCUT2D eigenvalue weighted by Crippen LogP contribution is -2.32. The van der Waals surface area contributed by atoms with E-state index in [0.29, 0.717) is 22.2 Å². The number of anilines is 1. The van der Waals surface area contributed by atoms with E-state index in [9.17, 15) is 9.59 Å². The number of nitrogens with one attached hydrogen (secondary N) is 1. The Kier molecular flexibility index (Phi) is 7.37. The number of carbonyl (C=O) groups is 2. The second-order valence-corrected chi connectivity index (χ2v) is 6.60. The second kappa shape index (κ2) is 9.52. The molecular formula is C19H19Cl2N3O4. The fourth-order valence-electron chi connectivity index (χ4n) is 2.26. The minimum absolute atomic E-state index is 0.139. The summed E-state index contributed by atoms with van der Waals surface area (Å²) < 4.78 is 10.4. The van der Waals surface area contributed by atoms with E-state index in [1.54, 1.807) is 30.3 Å². The van der Waals surface area contributed by atoms with Crippen LogP contribution in [0.15, 0.2) is 40.6 Å². The number of Topliss-reactive ketones (excluding diaryl/α,β-unsaturated/α-hetero) is 1. The smallest absolute Gasteiger partial charge is 0.258 e. The van der Waals surface area contributed by atoms with Crippen LogP contribution in [-0.2, 0) is 9.59 Å². The van der Waals surface area contributed by atoms with Crippen LogP contribution < -0.4 is 14.8 Å². The van der Waals surface area contributed by atoms with Crippen LogP contribution in [0.4, 0.5) is 11.4 Å². The van der Waals surface area contributed by atoms with Crippen LogP contribution in [0.3, 0.4) is 0 Å². The summed E-state index contributed by atoms with van der Waals surface area (Å²) in [5.41, 5.74) is 1.47. The van der Waals surface area contributed by atoms with Crippen LogP contribution in [0, 0.1) is 6.92 Å². The first-order chi connectivity index (χ1) is 13.3. The lowest BCUT2D eigenvalue weighted by atomic mass is 10.2. The third-order valence-corrected chi connectivity index (χ3v) is 4.62. The maximum absolute atomic E-state index is 12.6. The van der Waals surface area contributed by atoms with E-state index in [0.717, 1.165) is 5.56 Å². The van der Waals surface area contributed by atoms with Crippen molar-refractivity contribution in [2.45, 2.75) is 19.9 Å². The fourth-order valence-corrected chi connectivity index (χ4v) is 2.72. The lowest BCUT2D eigenvalue weighted by Gasteiger charge is -2.15. The molecule has 2 aromatic carbocycles. The molecule has 0 aliphatic carbocycles. The number of amides is 1. The molecule has 0 aliphatic rings. The van der Waals surface area contributed by atoms with Gasteiger partial charge in [0.1, 0.15) is 22.2 Å². The van der Waals surface area contributed by atoms with Gasteiger partial charge in [-0.15, -0.1) is 0 Å². The molecule has 0 aliphatic heterocycles. The van der Waals surface area contributed by atoms with Gasteiger partial charge in [0.2, 0.25) is 6.04 Å². The standard InChI is InChI=1S/C19H19Cl2N3O4/c1-10-5-6-12(9-13(10)20)23-24-17(11(2)25)19(26)22-18-15(28-4)8-7-14(27-3)16(18)21/h5-9,17H,1-4H3,(H,22,26). The predicted octanol–water partition coefficient (Wildman–Crippen LogP) is 5.00. The first-order valence-corrected chi connectivity index (χ1v) is 8.92. The molecule has 1 atom stereocenters. The van der Waals surface area contributed by atoms with Crippen molar-refractivity contribution in [3.05, 3.63) is 45.9 Å². The molecule has 0 fully saturated rings. The Bertz CT molecular complexity index is 932. The van der Waals surface area contributed by atoms with Crippen LogP contribution in [0.25, 0.3) is 0 Å². The van der Waals surface area contributed by atoms with Gasteiger partial charge in [-0.1, -0.05) is 29.3 Å². The van der Waals surface area contributed by atoms with Gasteiger partial charge in [0, 0.05) is 5.02 Å². The van der Waals surface area contributed by atoms with E-state index in [2.05, 4.69) is 15.5 Å². The fraction of sp³-hybridized carbons (Fsp3) is 0.263. The Labute approximate surface area is 172 Å². The normalized spacial score (nSPS) is 11.9. The number of methoxy groups -OCH3 is 2. The minimum atomic E-state index is -1.37. The van der Waals surface area contributed by atoms with Gasteiger partial charge in [-0.25, -0.2) is 0 Å². The highest BCUT2D eigenvalue weighted by atomic mass is 35.5. The van der Waals surface area contributed by atoms with Gasteiger partial charge in [-0.05, 0) is 43.7 Å². The number of nitrogens with zero attached hydrogens (tertiary/aromatic N) is 2. The molecule has 0 saturated carbocycles. The zero-order valence-electron chi connectivity index (χ0n) is 15.7. The Morgan fingerprint density at radius 3 is 2.29 bits per heavy atom. The van der Waals surface area contributed by atoms with E-state index < -0.39 is 17.7 Å². The maximum Gasteiger partial charge on any atom is 0.258 e. The van der Waals surface area contributed by atoms with E-state index in [1.165, 1.54) is 21.1 Å². The average molecular weight is 424 g/mol. The van der Waals surface area contributed by atoms with Crippen LogP contribution >= 0.6 is 23.2 Å². The van der Waals surface area contributed by atoms with E-state index in [1.807, 2.05) is 6.92 Å². The van der Waals surface area contributed by atoms with Crippen molar-refractivity contribution >= 4 is 46.3 Å². The molecule has 0 saturated heterocycles. The topological polar surface area (TPSA) is 89.3 Å². The minimum Gasteiger partial charge on any atom is -0.495 e. The van der Waals surface area contributed by atoms with Gasteiger partial charge in [-0.2, -0.15) is 10.2 Å². The Morgan fingerprint density at radius 2 is 1.71 bits per heavy atom. The first kappa shape index (κ1) is 21.7. The van der Waals surface area contributed by atoms with Gasteiger partial charge in [-0.3, -0.25) is 9.59 Å². The van der Waals surface area contributed by atoms with Crippen LogP contribution in [-0.4, -0.2) is 32.0 Å². The molecule has 2 aromatic rings. The van der Waals surface area contributed by atoms with Crippen molar-refractivity contribution < 1.29 is 19.1 Å². The molecule has 2 rings (SSSR count). The molecule has 1 unspecified atom stereocenters. The summed E-state index contributed by atoms with van der Waals surface area (Å²) in [7, 11) is 2.87. The summed E-state index contributed by atoms with van der Waals surface area (Å²) in [6.45, 7) is 3.09. The number of carbonyl (C=O) groups excluding carboxylic acids is 2. The van der Waals surface area contributed by atoms with Gasteiger partial charge in [0.05, 0.1) is 19.9 Å². The molecule has 0 radical (unpaired) electrons. The van der Waals surface area contributed by atoms with E-state index in [4.69, 9.17) is 32.7 Å². The highest BCUT2D eigenvalue weighted by Gasteiger charge is 2.26. The highest BCUT2D eigenvalue weighted by molar-refractivity contribution is 6.36. The highest BCUT2D eigenvalue weighted by Crippen LogP contribution is 2.39. The van der Waals surface area contributed by atoms with Gasteiger partial charge < -0.3 is 14.8 Å². The molecule has 7 nitrogen and oxygen atoms in total. The van der Waals surface area contributed by atoms with Gasteiger partial charge in [0.15, 0.2) is 5.78 Å². The van der Waals surface area contributed by atoms with Crippen molar-refractivity contribution in [1.82, 2.24) is 0 Å². The van der Waals surface area contributed by atoms with Crippen LogP contribution in [0.2, 0.25) is 10.0 Å². The third-order valence-electron chi connectivity index (χ3n) is 3.83. The van der Waals surface area contributed by atoms with Crippen molar-refractivity contribution in [3.63, 3.8) is 0 Å². The molecule has 0 aromatic heterocycles. The molecule has 28 heavy (non-hydrogen) atoms. The summed E-state index contributed by atoms with van der Waals surface area (Å²) in [6.07, 6.45) is 0. The molecule has 1 N–H and O–H groups in total. The molecule has 1 amide bonds. The molecule has 148 valence electrons. The number of ketones is 1. The van der Waals surface area contributed by atoms with Crippen molar-refractivity contribution in [2.24, 2.45) is 10.2 Å². The van der Waals surface area contributed by atoms with Crippen LogP contribution in [0.1, 0.15) is 12.5 Å².